The summed E-state index contributed by atoms with van der Waals surface area (Å²) in [5, 5.41) is 24.3. The number of anilines is 7. The minimum Gasteiger partial charge on any atom is -0.367 e. The van der Waals surface area contributed by atoms with E-state index in [9.17, 15) is 9.59 Å². The van der Waals surface area contributed by atoms with Crippen LogP contribution < -0.4 is 54.4 Å². The SMILES string of the molecule is Cc1ccc(Nc2cc(Cl)nnc2C(N)=O)nc1N(C)C.Cc1ccc(Nc2cc(NCCN)nnc2C(N)=O)nc1N(C)C.NCCN. The lowest BCUT2D eigenvalue weighted by molar-refractivity contribution is 0.0987. The molecule has 0 atom stereocenters. The van der Waals surface area contributed by atoms with Crippen LogP contribution >= 0.6 is 11.6 Å². The predicted octanol–water partition coefficient (Wildman–Crippen LogP) is 1.10. The quantitative estimate of drug-likeness (QED) is 0.103. The Kier molecular flexibility index (Phi) is 15.7. The monoisotopic (exact) mass is 696 g/mol. The maximum Gasteiger partial charge on any atom is 0.271 e. The van der Waals surface area contributed by atoms with Crippen molar-refractivity contribution >= 4 is 63.9 Å². The highest BCUT2D eigenvalue weighted by atomic mass is 35.5. The smallest absolute Gasteiger partial charge is 0.271 e. The van der Waals surface area contributed by atoms with Crippen LogP contribution in [0.2, 0.25) is 5.15 Å². The van der Waals surface area contributed by atoms with E-state index < -0.39 is 11.8 Å². The molecule has 4 heterocycles. The maximum atomic E-state index is 11.6. The lowest BCUT2D eigenvalue weighted by Gasteiger charge is -2.16. The number of primary amides is 2. The molecular formula is C30H45ClN16O2. The van der Waals surface area contributed by atoms with Gasteiger partial charge in [0.05, 0.1) is 11.4 Å². The first-order valence-electron chi connectivity index (χ1n) is 14.9. The Bertz CT molecular complexity index is 1700. The molecule has 2 amide bonds. The fraction of sp³-hybridized carbons (Fsp3) is 0.333. The number of nitrogens with two attached hydrogens (primary N) is 5. The van der Waals surface area contributed by atoms with Crippen molar-refractivity contribution in [3.63, 3.8) is 0 Å². The van der Waals surface area contributed by atoms with Gasteiger partial charge in [0.25, 0.3) is 11.8 Å². The van der Waals surface area contributed by atoms with Crippen LogP contribution in [0.5, 0.6) is 0 Å². The molecule has 0 unspecified atom stereocenters. The molecule has 0 fully saturated rings. The molecule has 18 nitrogen and oxygen atoms in total. The van der Waals surface area contributed by atoms with Crippen LogP contribution in [0.25, 0.3) is 0 Å². The Balaban J connectivity index is 0.000000309. The summed E-state index contributed by atoms with van der Waals surface area (Å²) >= 11 is 5.80. The second-order valence-corrected chi connectivity index (χ2v) is 11.0. The number of pyridine rings is 2. The van der Waals surface area contributed by atoms with Gasteiger partial charge in [-0.25, -0.2) is 9.97 Å². The van der Waals surface area contributed by atoms with Crippen molar-refractivity contribution in [2.75, 3.05) is 80.1 Å². The van der Waals surface area contributed by atoms with Crippen molar-refractivity contribution in [1.29, 1.82) is 0 Å². The normalized spacial score (nSPS) is 10.1. The van der Waals surface area contributed by atoms with E-state index in [1.807, 2.05) is 70.0 Å². The number of aryl methyl sites for hydroxylation is 2. The van der Waals surface area contributed by atoms with Crippen LogP contribution in [0.15, 0.2) is 36.4 Å². The first-order valence-corrected chi connectivity index (χ1v) is 15.3. The number of halogens is 1. The molecule has 19 heteroatoms. The standard InChI is InChI=1S/C15H22N8O.C13H15ClN6O.C2H8N2/c1-9-4-5-11(20-15(9)23(2)3)19-10-8-12(18-7-6-16)21-22-13(10)14(17)24;1-7-4-5-10(17-13(7)20(2)3)16-8-6-9(14)18-19-11(8)12(15)21;3-1-2-4/h4-5,8H,6-7,16H2,1-3H3,(H2,17,24)(H2,18,19,20,21);4-6H,1-3H3,(H2,15,21)(H,16,17,18);1-4H2. The zero-order chi connectivity index (χ0) is 36.7. The molecule has 0 spiro atoms. The summed E-state index contributed by atoms with van der Waals surface area (Å²) in [6, 6.07) is 10.6. The van der Waals surface area contributed by atoms with Crippen molar-refractivity contribution in [2.24, 2.45) is 28.7 Å². The number of nitrogens with zero attached hydrogens (tertiary/aromatic N) is 8. The highest BCUT2D eigenvalue weighted by Gasteiger charge is 2.15. The van der Waals surface area contributed by atoms with Crippen molar-refractivity contribution in [3.8, 4) is 0 Å². The molecule has 4 aromatic heterocycles. The third-order valence-corrected chi connectivity index (χ3v) is 6.34. The highest BCUT2D eigenvalue weighted by Crippen LogP contribution is 2.25. The van der Waals surface area contributed by atoms with E-state index >= 15 is 0 Å². The van der Waals surface area contributed by atoms with Gasteiger partial charge in [0.1, 0.15) is 23.3 Å². The number of nitrogens with one attached hydrogen (secondary N) is 3. The number of carbonyl (C=O) groups excluding carboxylic acids is 2. The second kappa shape index (κ2) is 19.4. The Morgan fingerprint density at radius 2 is 1.12 bits per heavy atom. The van der Waals surface area contributed by atoms with Gasteiger partial charge in [-0.05, 0) is 37.1 Å². The average Bonchev–Trinajstić information content (AvgIpc) is 3.05. The van der Waals surface area contributed by atoms with Crippen LogP contribution in [0.1, 0.15) is 32.1 Å². The molecule has 4 rings (SSSR count). The van der Waals surface area contributed by atoms with Gasteiger partial charge in [-0.1, -0.05) is 23.7 Å². The molecule has 0 saturated heterocycles. The Morgan fingerprint density at radius 1 is 0.673 bits per heavy atom. The molecule has 13 N–H and O–H groups in total. The maximum absolute atomic E-state index is 11.6. The summed E-state index contributed by atoms with van der Waals surface area (Å²) < 4.78 is 0. The fourth-order valence-electron chi connectivity index (χ4n) is 3.96. The van der Waals surface area contributed by atoms with E-state index in [4.69, 9.17) is 40.3 Å². The molecule has 0 aliphatic rings. The van der Waals surface area contributed by atoms with Crippen LogP contribution in [-0.2, 0) is 0 Å². The molecule has 0 aliphatic carbocycles. The minimum absolute atomic E-state index is 0.00757. The van der Waals surface area contributed by atoms with Gasteiger partial charge in [-0.3, -0.25) is 9.59 Å². The van der Waals surface area contributed by atoms with Gasteiger partial charge in [0.2, 0.25) is 0 Å². The molecule has 49 heavy (non-hydrogen) atoms. The summed E-state index contributed by atoms with van der Waals surface area (Å²) in [4.78, 5) is 35.7. The molecule has 0 aliphatic heterocycles. The van der Waals surface area contributed by atoms with Gasteiger partial charge in [-0.15, -0.1) is 20.4 Å². The first kappa shape index (κ1) is 39.7. The summed E-state index contributed by atoms with van der Waals surface area (Å²) in [7, 11) is 7.63. The molecule has 264 valence electrons. The minimum atomic E-state index is -0.693. The van der Waals surface area contributed by atoms with Crippen LogP contribution in [0, 0.1) is 13.8 Å². The van der Waals surface area contributed by atoms with Crippen molar-refractivity contribution in [3.05, 3.63) is 64.1 Å². The average molecular weight is 697 g/mol. The Hall–Kier alpha value is -5.43. The third-order valence-electron chi connectivity index (χ3n) is 6.16. The van der Waals surface area contributed by atoms with E-state index in [0.717, 1.165) is 22.8 Å². The van der Waals surface area contributed by atoms with Gasteiger partial charge in [0.15, 0.2) is 22.4 Å². The number of amides is 2. The predicted molar refractivity (Wildman–Crippen MR) is 195 cm³/mol. The first-order chi connectivity index (χ1) is 23.2. The van der Waals surface area contributed by atoms with Crippen LogP contribution in [-0.4, -0.2) is 96.5 Å². The summed E-state index contributed by atoms with van der Waals surface area (Å²) in [6.45, 7) is 6.13. The van der Waals surface area contributed by atoms with Crippen molar-refractivity contribution < 1.29 is 9.59 Å². The molecule has 0 aromatic carbocycles. The molecule has 0 bridgehead atoms. The van der Waals surface area contributed by atoms with Gasteiger partial charge in [-0.2, -0.15) is 0 Å². The number of rotatable bonds is 12. The van der Waals surface area contributed by atoms with E-state index in [2.05, 4.69) is 46.3 Å². The lowest BCUT2D eigenvalue weighted by atomic mass is 10.2. The molecule has 4 aromatic rings. The van der Waals surface area contributed by atoms with Crippen LogP contribution in [0.4, 0.5) is 40.5 Å². The van der Waals surface area contributed by atoms with Crippen LogP contribution in [0.3, 0.4) is 0 Å². The zero-order valence-electron chi connectivity index (χ0n) is 28.5. The van der Waals surface area contributed by atoms with Gasteiger partial charge >= 0.3 is 0 Å². The number of hydrogen-bond acceptors (Lipinski definition) is 16. The van der Waals surface area contributed by atoms with E-state index in [1.165, 1.54) is 6.07 Å². The van der Waals surface area contributed by atoms with Gasteiger partial charge < -0.3 is 54.4 Å². The van der Waals surface area contributed by atoms with E-state index in [-0.39, 0.29) is 16.5 Å². The van der Waals surface area contributed by atoms with E-state index in [0.29, 0.717) is 55.0 Å². The highest BCUT2D eigenvalue weighted by molar-refractivity contribution is 6.29. The van der Waals surface area contributed by atoms with Crippen molar-refractivity contribution in [2.45, 2.75) is 13.8 Å². The Morgan fingerprint density at radius 3 is 1.53 bits per heavy atom. The summed E-state index contributed by atoms with van der Waals surface area (Å²) in [5.74, 6) is 1.89. The molecule has 0 radical (unpaired) electrons. The van der Waals surface area contributed by atoms with E-state index in [1.54, 1.807) is 12.1 Å². The van der Waals surface area contributed by atoms with Gasteiger partial charge in [0, 0.05) is 66.5 Å². The third kappa shape index (κ3) is 12.3. The zero-order valence-corrected chi connectivity index (χ0v) is 29.2. The summed E-state index contributed by atoms with van der Waals surface area (Å²) in [5.41, 5.74) is 28.8. The fourth-order valence-corrected chi connectivity index (χ4v) is 4.10. The molecule has 0 saturated carbocycles. The summed E-state index contributed by atoms with van der Waals surface area (Å²) in [6.07, 6.45) is 0. The lowest BCUT2D eigenvalue weighted by Crippen LogP contribution is -2.19. The number of hydrogen-bond donors (Lipinski definition) is 8. The number of carbonyl (C=O) groups is 2. The topological polar surface area (TPSA) is 284 Å². The molecular weight excluding hydrogens is 652 g/mol. The van der Waals surface area contributed by atoms with Crippen molar-refractivity contribution in [1.82, 2.24) is 30.4 Å². The largest absolute Gasteiger partial charge is 0.367 e. The number of aromatic nitrogens is 6. The Labute approximate surface area is 290 Å². The second-order valence-electron chi connectivity index (χ2n) is 10.7.